The summed E-state index contributed by atoms with van der Waals surface area (Å²) < 4.78 is 85.7. The third-order valence-electron chi connectivity index (χ3n) is 7.17. The highest BCUT2D eigenvalue weighted by Gasteiger charge is 2.62. The molecule has 35 heavy (non-hydrogen) atoms. The second-order valence-corrected chi connectivity index (χ2v) is 11.2. The number of carbonyl (C=O) groups is 1. The maximum absolute atomic E-state index is 13.7. The number of halogens is 4. The lowest BCUT2D eigenvalue weighted by molar-refractivity contribution is -0.157. The predicted octanol–water partition coefficient (Wildman–Crippen LogP) is 3.46. The molecule has 1 N–H and O–H groups in total. The van der Waals surface area contributed by atoms with Crippen LogP contribution in [0.15, 0.2) is 42.5 Å². The molecule has 0 radical (unpaired) electrons. The Balaban J connectivity index is 1.48. The van der Waals surface area contributed by atoms with Crippen LogP contribution in [0.3, 0.4) is 0 Å². The van der Waals surface area contributed by atoms with Crippen LogP contribution in [0.2, 0.25) is 0 Å². The van der Waals surface area contributed by atoms with Crippen molar-refractivity contribution in [1.82, 2.24) is 9.62 Å². The summed E-state index contributed by atoms with van der Waals surface area (Å²) in [5, 5.41) is 0. The molecule has 2 aliphatic heterocycles. The number of ether oxygens (including phenoxy) is 1. The minimum atomic E-state index is -4.90. The number of nitrogens with one attached hydrogen (secondary N) is 1. The topological polar surface area (TPSA) is 75.7 Å². The molecule has 3 fully saturated rings. The highest BCUT2D eigenvalue weighted by molar-refractivity contribution is 7.89. The molecule has 0 unspecified atom stereocenters. The Morgan fingerprint density at radius 2 is 1.80 bits per heavy atom. The molecular formula is C24H24F4N2O4S. The molecule has 0 aromatic heterocycles. The van der Waals surface area contributed by atoms with Crippen molar-refractivity contribution in [2.24, 2.45) is 5.41 Å². The Morgan fingerprint density at radius 3 is 2.37 bits per heavy atom. The van der Waals surface area contributed by atoms with Gasteiger partial charge in [-0.1, -0.05) is 24.3 Å². The summed E-state index contributed by atoms with van der Waals surface area (Å²) in [6.07, 6.45) is 1.31. The van der Waals surface area contributed by atoms with Gasteiger partial charge in [-0.3, -0.25) is 4.79 Å². The van der Waals surface area contributed by atoms with E-state index in [-0.39, 0.29) is 18.9 Å². The first-order valence-electron chi connectivity index (χ1n) is 11.3. The van der Waals surface area contributed by atoms with Gasteiger partial charge in [0, 0.05) is 30.5 Å². The van der Waals surface area contributed by atoms with Gasteiger partial charge in [0.25, 0.3) is 15.9 Å². The number of hydrogen-bond donors (Lipinski definition) is 1. The first-order valence-corrected chi connectivity index (χ1v) is 12.9. The van der Waals surface area contributed by atoms with Crippen LogP contribution in [0.5, 0.6) is 0 Å². The van der Waals surface area contributed by atoms with Gasteiger partial charge in [-0.05, 0) is 48.1 Å². The highest BCUT2D eigenvalue weighted by Crippen LogP contribution is 2.56. The Hall–Kier alpha value is -2.50. The summed E-state index contributed by atoms with van der Waals surface area (Å²) in [5.74, 6) is -5.33. The molecule has 6 nitrogen and oxygen atoms in total. The second-order valence-electron chi connectivity index (χ2n) is 9.51. The zero-order valence-electron chi connectivity index (χ0n) is 18.6. The molecule has 188 valence electrons. The van der Waals surface area contributed by atoms with E-state index >= 15 is 0 Å². The van der Waals surface area contributed by atoms with Gasteiger partial charge in [0.2, 0.25) is 0 Å². The molecule has 1 amide bonds. The van der Waals surface area contributed by atoms with Crippen LogP contribution in [0.1, 0.15) is 24.8 Å². The van der Waals surface area contributed by atoms with Crippen LogP contribution in [-0.4, -0.2) is 56.3 Å². The fourth-order valence-corrected chi connectivity index (χ4v) is 5.99. The molecule has 3 atom stereocenters. The van der Waals surface area contributed by atoms with Crippen LogP contribution >= 0.6 is 0 Å². The Labute approximate surface area is 200 Å². The van der Waals surface area contributed by atoms with Gasteiger partial charge in [-0.2, -0.15) is 8.78 Å². The SMILES string of the molecule is O=C([C@H]1CCO1)N1CC2(CC2)[C@H](NS(=O)(=O)C(F)F)[C@@H]1Cc1cccc(-c2cc(F)cc(F)c2)c1. The Kier molecular flexibility index (Phi) is 6.13. The van der Waals surface area contributed by atoms with E-state index in [0.29, 0.717) is 42.6 Å². The Morgan fingerprint density at radius 1 is 1.11 bits per heavy atom. The largest absolute Gasteiger partial charge is 0.368 e. The number of likely N-dealkylation sites (tertiary alicyclic amines) is 1. The lowest BCUT2D eigenvalue weighted by Crippen LogP contribution is -2.53. The van der Waals surface area contributed by atoms with Crippen molar-refractivity contribution in [3.05, 3.63) is 59.7 Å². The first kappa shape index (κ1) is 24.2. The van der Waals surface area contributed by atoms with Crippen molar-refractivity contribution in [1.29, 1.82) is 0 Å². The molecule has 1 saturated carbocycles. The van der Waals surface area contributed by atoms with Crippen molar-refractivity contribution in [3.8, 4) is 11.1 Å². The van der Waals surface area contributed by atoms with E-state index in [1.165, 1.54) is 12.1 Å². The van der Waals surface area contributed by atoms with Crippen molar-refractivity contribution in [3.63, 3.8) is 0 Å². The number of alkyl halides is 2. The van der Waals surface area contributed by atoms with E-state index in [4.69, 9.17) is 4.74 Å². The standard InChI is InChI=1S/C24H24F4N2O4S/c25-17-10-16(11-18(26)12-17)15-3-1-2-14(8-15)9-19-21(29-35(32,33)23(27)28)24(5-6-24)13-30(19)22(31)20-4-7-34-20/h1-3,8,10-12,19-21,23,29H,4-7,9,13H2/t19-,20+,21+/m0/s1. The fourth-order valence-electron chi connectivity index (χ4n) is 5.13. The normalized spacial score (nSPS) is 25.2. The van der Waals surface area contributed by atoms with Crippen LogP contribution < -0.4 is 4.72 Å². The quantitative estimate of drug-likeness (QED) is 0.577. The van der Waals surface area contributed by atoms with E-state index in [1.807, 2.05) is 0 Å². The average Bonchev–Trinajstić information content (AvgIpc) is 3.47. The molecule has 1 aliphatic carbocycles. The molecule has 2 heterocycles. The smallest absolute Gasteiger partial charge is 0.350 e. The molecule has 0 bridgehead atoms. The zero-order valence-corrected chi connectivity index (χ0v) is 19.4. The molecule has 11 heteroatoms. The maximum Gasteiger partial charge on any atom is 0.350 e. The lowest BCUT2D eigenvalue weighted by atomic mass is 9.91. The minimum Gasteiger partial charge on any atom is -0.368 e. The van der Waals surface area contributed by atoms with Gasteiger partial charge in [0.05, 0.1) is 12.6 Å². The Bertz CT molecular complexity index is 1230. The van der Waals surface area contributed by atoms with Crippen molar-refractivity contribution in [2.75, 3.05) is 13.2 Å². The number of amides is 1. The monoisotopic (exact) mass is 512 g/mol. The third kappa shape index (κ3) is 4.68. The molecule has 2 aromatic carbocycles. The van der Waals surface area contributed by atoms with Gasteiger partial charge in [-0.25, -0.2) is 21.9 Å². The second kappa shape index (κ2) is 8.86. The number of hydrogen-bond acceptors (Lipinski definition) is 4. The molecular weight excluding hydrogens is 488 g/mol. The van der Waals surface area contributed by atoms with Crippen LogP contribution in [0, 0.1) is 17.0 Å². The van der Waals surface area contributed by atoms with Gasteiger partial charge in [-0.15, -0.1) is 0 Å². The first-order chi connectivity index (χ1) is 16.6. The third-order valence-corrected chi connectivity index (χ3v) is 8.23. The molecule has 5 rings (SSSR count). The van der Waals surface area contributed by atoms with Crippen LogP contribution in [0.4, 0.5) is 17.6 Å². The maximum atomic E-state index is 13.7. The fraction of sp³-hybridized carbons (Fsp3) is 0.458. The zero-order chi connectivity index (χ0) is 25.0. The van der Waals surface area contributed by atoms with Gasteiger partial charge in [0.1, 0.15) is 17.7 Å². The number of sulfonamides is 1. The average molecular weight is 513 g/mol. The van der Waals surface area contributed by atoms with Gasteiger partial charge >= 0.3 is 5.76 Å². The molecule has 2 aromatic rings. The summed E-state index contributed by atoms with van der Waals surface area (Å²) in [7, 11) is -4.90. The van der Waals surface area contributed by atoms with E-state index in [9.17, 15) is 30.8 Å². The van der Waals surface area contributed by atoms with E-state index in [0.717, 1.165) is 6.07 Å². The summed E-state index contributed by atoms with van der Waals surface area (Å²) in [5.41, 5.74) is 0.920. The number of benzene rings is 2. The molecule has 1 spiro atoms. The van der Waals surface area contributed by atoms with E-state index in [1.54, 1.807) is 29.2 Å². The summed E-state index contributed by atoms with van der Waals surface area (Å²) in [4.78, 5) is 14.7. The number of carbonyl (C=O) groups excluding carboxylic acids is 1. The van der Waals surface area contributed by atoms with Crippen molar-refractivity contribution >= 4 is 15.9 Å². The predicted molar refractivity (Wildman–Crippen MR) is 119 cm³/mol. The minimum absolute atomic E-state index is 0.169. The highest BCUT2D eigenvalue weighted by atomic mass is 32.2. The van der Waals surface area contributed by atoms with E-state index in [2.05, 4.69) is 4.72 Å². The van der Waals surface area contributed by atoms with Gasteiger partial charge < -0.3 is 9.64 Å². The lowest BCUT2D eigenvalue weighted by Gasteiger charge is -2.34. The van der Waals surface area contributed by atoms with Crippen LogP contribution in [-0.2, 0) is 26.0 Å². The van der Waals surface area contributed by atoms with Crippen molar-refractivity contribution in [2.45, 2.75) is 49.6 Å². The molecule has 2 saturated heterocycles. The van der Waals surface area contributed by atoms with Gasteiger partial charge in [0.15, 0.2) is 0 Å². The van der Waals surface area contributed by atoms with Crippen LogP contribution in [0.25, 0.3) is 11.1 Å². The summed E-state index contributed by atoms with van der Waals surface area (Å²) >= 11 is 0. The number of rotatable bonds is 7. The summed E-state index contributed by atoms with van der Waals surface area (Å²) in [6, 6.07) is 8.37. The van der Waals surface area contributed by atoms with Crippen molar-refractivity contribution < 1.29 is 35.5 Å². The van der Waals surface area contributed by atoms with E-state index < -0.39 is 51.0 Å². The molecule has 3 aliphatic rings. The number of nitrogens with zero attached hydrogens (tertiary/aromatic N) is 1. The summed E-state index contributed by atoms with van der Waals surface area (Å²) in [6.45, 7) is 0.704.